The molecule has 0 bridgehead atoms. The first kappa shape index (κ1) is 24.3. The number of halogens is 2. The summed E-state index contributed by atoms with van der Waals surface area (Å²) in [5, 5.41) is 2.80. The van der Waals surface area contributed by atoms with Gasteiger partial charge in [0, 0.05) is 25.4 Å². The van der Waals surface area contributed by atoms with Gasteiger partial charge >= 0.3 is 0 Å². The van der Waals surface area contributed by atoms with Crippen LogP contribution in [0, 0.1) is 3.57 Å². The summed E-state index contributed by atoms with van der Waals surface area (Å²) >= 11 is 9.16. The highest BCUT2D eigenvalue weighted by atomic mass is 127. The largest absolute Gasteiger partial charge is 0.488 e. The average Bonchev–Trinajstić information content (AvgIpc) is 3.08. The normalized spacial score (nSPS) is 14.5. The van der Waals surface area contributed by atoms with Gasteiger partial charge in [-0.25, -0.2) is 0 Å². The van der Waals surface area contributed by atoms with Crippen LogP contribution in [0.1, 0.15) is 11.1 Å². The standard InChI is InChI=1S/C25H18ClIN2O4S/c26-20-7-3-1-6-17(20)15-33-21-8-4-2-5-16(21)13-22-24(31)29(25(32)34-22)14-23(30)28-19-11-9-18(27)10-12-19/h1-13H,14-15H2,(H,28,30)/b22-13+. The monoisotopic (exact) mass is 604 g/mol. The zero-order valence-electron chi connectivity index (χ0n) is 17.7. The van der Waals surface area contributed by atoms with Crippen LogP contribution in [-0.4, -0.2) is 28.5 Å². The van der Waals surface area contributed by atoms with Gasteiger partial charge in [0.15, 0.2) is 0 Å². The predicted octanol–water partition coefficient (Wildman–Crippen LogP) is 6.20. The maximum absolute atomic E-state index is 12.9. The summed E-state index contributed by atoms with van der Waals surface area (Å²) in [7, 11) is 0. The molecule has 0 unspecified atom stereocenters. The Morgan fingerprint density at radius 2 is 1.74 bits per heavy atom. The van der Waals surface area contributed by atoms with E-state index in [-0.39, 0.29) is 18.1 Å². The first-order chi connectivity index (χ1) is 16.4. The predicted molar refractivity (Wildman–Crippen MR) is 143 cm³/mol. The summed E-state index contributed by atoms with van der Waals surface area (Å²) in [6, 6.07) is 21.8. The van der Waals surface area contributed by atoms with Crippen molar-refractivity contribution >= 4 is 74.8 Å². The zero-order chi connectivity index (χ0) is 24.1. The SMILES string of the molecule is O=C(CN1C(=O)S/C(=C/c2ccccc2OCc2ccccc2Cl)C1=O)Nc1ccc(I)cc1. The molecule has 1 heterocycles. The highest BCUT2D eigenvalue weighted by Crippen LogP contribution is 2.34. The van der Waals surface area contributed by atoms with Crippen LogP contribution in [0.25, 0.3) is 6.08 Å². The van der Waals surface area contributed by atoms with Crippen molar-refractivity contribution < 1.29 is 19.1 Å². The van der Waals surface area contributed by atoms with Gasteiger partial charge in [-0.2, -0.15) is 0 Å². The molecule has 6 nitrogen and oxygen atoms in total. The Labute approximate surface area is 219 Å². The number of amides is 3. The summed E-state index contributed by atoms with van der Waals surface area (Å²) < 4.78 is 6.96. The molecule has 1 fully saturated rings. The van der Waals surface area contributed by atoms with E-state index in [9.17, 15) is 14.4 Å². The van der Waals surface area contributed by atoms with E-state index in [1.807, 2.05) is 42.5 Å². The Morgan fingerprint density at radius 3 is 2.50 bits per heavy atom. The molecule has 4 rings (SSSR count). The van der Waals surface area contributed by atoms with Crippen LogP contribution in [0.2, 0.25) is 5.02 Å². The maximum Gasteiger partial charge on any atom is 0.294 e. The molecular weight excluding hydrogens is 587 g/mol. The quantitative estimate of drug-likeness (QED) is 0.257. The number of ether oxygens (including phenoxy) is 1. The minimum atomic E-state index is -0.520. The Balaban J connectivity index is 1.45. The average molecular weight is 605 g/mol. The molecule has 3 aromatic carbocycles. The van der Waals surface area contributed by atoms with Gasteiger partial charge in [-0.3, -0.25) is 19.3 Å². The lowest BCUT2D eigenvalue weighted by Crippen LogP contribution is -2.36. The number of rotatable bonds is 7. The Bertz CT molecular complexity index is 1280. The number of para-hydroxylation sites is 1. The summed E-state index contributed by atoms with van der Waals surface area (Å²) in [6.07, 6.45) is 1.60. The maximum atomic E-state index is 12.9. The topological polar surface area (TPSA) is 75.7 Å². The molecule has 0 spiro atoms. The van der Waals surface area contributed by atoms with E-state index in [0.717, 1.165) is 25.8 Å². The number of benzene rings is 3. The van der Waals surface area contributed by atoms with Crippen molar-refractivity contribution in [3.05, 3.63) is 97.4 Å². The van der Waals surface area contributed by atoms with Crippen LogP contribution >= 0.6 is 46.0 Å². The van der Waals surface area contributed by atoms with Crippen molar-refractivity contribution in [3.63, 3.8) is 0 Å². The molecule has 34 heavy (non-hydrogen) atoms. The van der Waals surface area contributed by atoms with Crippen molar-refractivity contribution in [2.75, 3.05) is 11.9 Å². The third-order valence-electron chi connectivity index (χ3n) is 4.85. The second kappa shape index (κ2) is 11.1. The molecule has 172 valence electrons. The van der Waals surface area contributed by atoms with E-state index in [1.165, 1.54) is 0 Å². The number of imide groups is 1. The number of nitrogens with one attached hydrogen (secondary N) is 1. The van der Waals surface area contributed by atoms with Gasteiger partial charge in [0.25, 0.3) is 11.1 Å². The lowest BCUT2D eigenvalue weighted by atomic mass is 10.1. The van der Waals surface area contributed by atoms with Crippen molar-refractivity contribution in [1.82, 2.24) is 4.90 Å². The van der Waals surface area contributed by atoms with Crippen LogP contribution in [0.5, 0.6) is 5.75 Å². The number of carbonyl (C=O) groups is 3. The molecule has 0 saturated carbocycles. The molecule has 0 aliphatic carbocycles. The third kappa shape index (κ3) is 5.99. The van der Waals surface area contributed by atoms with Gasteiger partial charge < -0.3 is 10.1 Å². The molecule has 0 radical (unpaired) electrons. The molecule has 0 aromatic heterocycles. The molecule has 9 heteroatoms. The number of hydrogen-bond donors (Lipinski definition) is 1. The molecule has 1 aliphatic heterocycles. The van der Waals surface area contributed by atoms with Crippen molar-refractivity contribution in [2.24, 2.45) is 0 Å². The van der Waals surface area contributed by atoms with E-state index >= 15 is 0 Å². The highest BCUT2D eigenvalue weighted by molar-refractivity contribution is 14.1. The number of hydrogen-bond acceptors (Lipinski definition) is 5. The summed E-state index contributed by atoms with van der Waals surface area (Å²) in [5.41, 5.74) is 2.07. The van der Waals surface area contributed by atoms with Crippen LogP contribution < -0.4 is 10.1 Å². The highest BCUT2D eigenvalue weighted by Gasteiger charge is 2.36. The lowest BCUT2D eigenvalue weighted by molar-refractivity contribution is -0.127. The van der Waals surface area contributed by atoms with E-state index in [0.29, 0.717) is 22.0 Å². The molecule has 1 aliphatic rings. The van der Waals surface area contributed by atoms with Gasteiger partial charge in [0.05, 0.1) is 4.91 Å². The van der Waals surface area contributed by atoms with E-state index in [4.69, 9.17) is 16.3 Å². The number of thioether (sulfide) groups is 1. The van der Waals surface area contributed by atoms with Crippen LogP contribution in [0.3, 0.4) is 0 Å². The number of anilines is 1. The number of carbonyl (C=O) groups excluding carboxylic acids is 3. The first-order valence-corrected chi connectivity index (χ1v) is 12.4. The smallest absolute Gasteiger partial charge is 0.294 e. The van der Waals surface area contributed by atoms with Gasteiger partial charge in [-0.1, -0.05) is 48.0 Å². The van der Waals surface area contributed by atoms with Crippen LogP contribution in [0.4, 0.5) is 10.5 Å². The van der Waals surface area contributed by atoms with Gasteiger partial charge in [-0.05, 0) is 76.8 Å². The molecular formula is C25H18ClIN2O4S. The number of nitrogens with zero attached hydrogens (tertiary/aromatic N) is 1. The third-order valence-corrected chi connectivity index (χ3v) is 6.85. The lowest BCUT2D eigenvalue weighted by Gasteiger charge is -2.12. The Kier molecular flexibility index (Phi) is 7.91. The molecule has 3 amide bonds. The van der Waals surface area contributed by atoms with Crippen LogP contribution in [-0.2, 0) is 16.2 Å². The zero-order valence-corrected chi connectivity index (χ0v) is 21.4. The van der Waals surface area contributed by atoms with Crippen molar-refractivity contribution in [3.8, 4) is 5.75 Å². The van der Waals surface area contributed by atoms with Crippen LogP contribution in [0.15, 0.2) is 77.7 Å². The minimum absolute atomic E-state index is 0.223. The Morgan fingerprint density at radius 1 is 1.03 bits per heavy atom. The van der Waals surface area contributed by atoms with Crippen molar-refractivity contribution in [1.29, 1.82) is 0 Å². The van der Waals surface area contributed by atoms with Crippen molar-refractivity contribution in [2.45, 2.75) is 6.61 Å². The fourth-order valence-electron chi connectivity index (χ4n) is 3.16. The minimum Gasteiger partial charge on any atom is -0.488 e. The molecule has 3 aromatic rings. The van der Waals surface area contributed by atoms with Gasteiger partial charge in [-0.15, -0.1) is 0 Å². The van der Waals surface area contributed by atoms with E-state index < -0.39 is 17.1 Å². The second-order valence-corrected chi connectivity index (χ2v) is 9.89. The second-order valence-electron chi connectivity index (χ2n) is 7.24. The summed E-state index contributed by atoms with van der Waals surface area (Å²) in [5.74, 6) is -0.424. The summed E-state index contributed by atoms with van der Waals surface area (Å²) in [4.78, 5) is 38.9. The molecule has 1 N–H and O–H groups in total. The van der Waals surface area contributed by atoms with E-state index in [1.54, 1.807) is 36.4 Å². The fourth-order valence-corrected chi connectivity index (χ4v) is 4.54. The van der Waals surface area contributed by atoms with Gasteiger partial charge in [0.2, 0.25) is 5.91 Å². The Hall–Kier alpha value is -2.82. The fraction of sp³-hybridized carbons (Fsp3) is 0.0800. The molecule has 1 saturated heterocycles. The van der Waals surface area contributed by atoms with E-state index in [2.05, 4.69) is 27.9 Å². The summed E-state index contributed by atoms with van der Waals surface area (Å²) in [6.45, 7) is -0.108. The van der Waals surface area contributed by atoms with Gasteiger partial charge in [0.1, 0.15) is 18.9 Å². The molecule has 0 atom stereocenters. The first-order valence-electron chi connectivity index (χ1n) is 10.2.